The number of ether oxygens (including phenoxy) is 6. The van der Waals surface area contributed by atoms with Gasteiger partial charge in [0.05, 0.1) is 36.4 Å². The second-order valence-corrected chi connectivity index (χ2v) is 22.9. The monoisotopic (exact) mass is 953 g/mol. The van der Waals surface area contributed by atoms with Crippen molar-refractivity contribution in [3.8, 4) is 0 Å². The fraction of sp³-hybridized carbons (Fsp3) is 0.857. The number of aliphatic hydroxyl groups is 8. The van der Waals surface area contributed by atoms with Crippen LogP contribution in [0.3, 0.4) is 0 Å². The van der Waals surface area contributed by atoms with Crippen LogP contribution in [0.4, 0.5) is 0 Å². The van der Waals surface area contributed by atoms with Gasteiger partial charge in [0.25, 0.3) is 0 Å². The molecule has 67 heavy (non-hydrogen) atoms. The SMILES string of the molecule is C/C=C(/C)C(=O)O[C@H]1[C@H](OC(C)=O)C(C)(C)C[C@H]2C3=CC[C@@H]4[C@@]5(C)CC[C@H](O[C@@H]6O[C@H](C(=O)O)[C@@H](O)[C@H](O)[C@H]6O[C@H]6O[C@H](C)[C@@H](O)[C@H](O)[C@@H]6O)C(C)(C)[C@@H]5CC[C@@]4(C)[C@]3(C)[C@@H](O)[C@@H](O)[C@]21CO. The van der Waals surface area contributed by atoms with E-state index in [1.54, 1.807) is 19.9 Å². The predicted molar refractivity (Wildman–Crippen MR) is 235 cm³/mol. The third kappa shape index (κ3) is 7.77. The van der Waals surface area contributed by atoms with E-state index in [2.05, 4.69) is 33.8 Å². The van der Waals surface area contributed by atoms with Gasteiger partial charge in [-0.25, -0.2) is 9.59 Å². The molecule has 2 heterocycles. The average Bonchev–Trinajstić information content (AvgIpc) is 3.25. The van der Waals surface area contributed by atoms with Gasteiger partial charge in [-0.2, -0.15) is 0 Å². The Labute approximate surface area is 392 Å². The van der Waals surface area contributed by atoms with Crippen molar-refractivity contribution in [2.24, 2.45) is 50.2 Å². The molecule has 9 N–H and O–H groups in total. The van der Waals surface area contributed by atoms with Crippen molar-refractivity contribution in [2.45, 2.75) is 207 Å². The van der Waals surface area contributed by atoms with Crippen LogP contribution in [0.5, 0.6) is 0 Å². The van der Waals surface area contributed by atoms with Gasteiger partial charge >= 0.3 is 17.9 Å². The highest BCUT2D eigenvalue weighted by atomic mass is 16.8. The Hall–Kier alpha value is -2.59. The molecule has 6 fully saturated rings. The summed E-state index contributed by atoms with van der Waals surface area (Å²) in [7, 11) is 0. The van der Waals surface area contributed by atoms with E-state index in [1.165, 1.54) is 13.8 Å². The Morgan fingerprint density at radius 3 is 2.03 bits per heavy atom. The molecule has 18 heteroatoms. The first-order valence-corrected chi connectivity index (χ1v) is 24.0. The summed E-state index contributed by atoms with van der Waals surface area (Å²) in [6, 6.07) is 0. The lowest BCUT2D eigenvalue weighted by Gasteiger charge is -2.73. The molecule has 380 valence electrons. The van der Waals surface area contributed by atoms with Crippen LogP contribution >= 0.6 is 0 Å². The molecule has 0 bridgehead atoms. The molecular weight excluding hydrogens is 877 g/mol. The molecule has 18 nitrogen and oxygen atoms in total. The van der Waals surface area contributed by atoms with Gasteiger partial charge in [0.2, 0.25) is 0 Å². The molecule has 4 saturated carbocycles. The first kappa shape index (κ1) is 52.2. The Bertz CT molecular complexity index is 1970. The van der Waals surface area contributed by atoms with E-state index < -0.39 is 155 Å². The topological polar surface area (TPSA) is 289 Å². The number of carboxylic acid groups (broad SMARTS) is 1. The highest BCUT2D eigenvalue weighted by molar-refractivity contribution is 5.88. The smallest absolute Gasteiger partial charge is 0.335 e. The van der Waals surface area contributed by atoms with Crippen LogP contribution in [0, 0.1) is 50.2 Å². The first-order chi connectivity index (χ1) is 31.0. The Morgan fingerprint density at radius 1 is 0.776 bits per heavy atom. The molecule has 0 aromatic rings. The molecule has 7 aliphatic rings. The Kier molecular flexibility index (Phi) is 14.0. The molecule has 7 rings (SSSR count). The number of carbonyl (C=O) groups is 3. The van der Waals surface area contributed by atoms with Crippen molar-refractivity contribution in [1.29, 1.82) is 0 Å². The van der Waals surface area contributed by atoms with Gasteiger partial charge in [-0.15, -0.1) is 0 Å². The summed E-state index contributed by atoms with van der Waals surface area (Å²) < 4.78 is 36.3. The molecular formula is C49H76O18. The van der Waals surface area contributed by atoms with E-state index in [0.717, 1.165) is 5.57 Å². The number of hydrogen-bond acceptors (Lipinski definition) is 17. The number of fused-ring (bicyclic) bond motifs is 7. The van der Waals surface area contributed by atoms with E-state index in [1.807, 2.05) is 20.8 Å². The van der Waals surface area contributed by atoms with Crippen molar-refractivity contribution < 1.29 is 88.8 Å². The van der Waals surface area contributed by atoms with Crippen LogP contribution in [0.15, 0.2) is 23.3 Å². The highest BCUT2D eigenvalue weighted by Gasteiger charge is 2.76. The van der Waals surface area contributed by atoms with Crippen LogP contribution in [-0.4, -0.2) is 162 Å². The number of aliphatic carboxylic acids is 1. The van der Waals surface area contributed by atoms with Crippen molar-refractivity contribution in [2.75, 3.05) is 6.61 Å². The van der Waals surface area contributed by atoms with Gasteiger partial charge in [0.15, 0.2) is 24.8 Å². The second-order valence-electron chi connectivity index (χ2n) is 22.9. The summed E-state index contributed by atoms with van der Waals surface area (Å²) in [5.41, 5.74) is -4.02. The summed E-state index contributed by atoms with van der Waals surface area (Å²) in [6.45, 7) is 19.7. The zero-order chi connectivity index (χ0) is 49.9. The van der Waals surface area contributed by atoms with E-state index in [9.17, 15) is 60.3 Å². The summed E-state index contributed by atoms with van der Waals surface area (Å²) >= 11 is 0. The molecule has 5 aliphatic carbocycles. The Balaban J connectivity index is 1.22. The minimum atomic E-state index is -1.96. The number of carboxylic acids is 1. The van der Waals surface area contributed by atoms with Crippen LogP contribution in [0.1, 0.15) is 115 Å². The lowest BCUT2D eigenvalue weighted by Crippen LogP contribution is -2.76. The van der Waals surface area contributed by atoms with Crippen LogP contribution < -0.4 is 0 Å². The van der Waals surface area contributed by atoms with Crippen LogP contribution in [0.25, 0.3) is 0 Å². The second kappa shape index (κ2) is 17.9. The standard InChI is InChI=1S/C49H76O18/c1-12-21(2)41(61)67-39-38(63-23(4)51)44(5,6)19-25-24-13-14-27-46(9)17-16-28(45(7,8)26(46)15-18-47(27,10)48(24,11)36(57)37(58)49(25,39)20-50)64-43-35(32(55)31(54)34(65-43)40(59)60)66-42-33(56)30(53)29(52)22(3)62-42/h12-13,22,25-39,42-43,50,52-58H,14-20H2,1-11H3,(H,59,60)/b21-12-/t22-,25+,26+,27-,28+,29-,30+,31+,32+,33+,34+,35-,36+,37-,38+,39+,42-,43-,46+,47-,48+,49+/m1/s1. The van der Waals surface area contributed by atoms with E-state index in [-0.39, 0.29) is 17.4 Å². The minimum Gasteiger partial charge on any atom is -0.479 e. The summed E-state index contributed by atoms with van der Waals surface area (Å²) in [5.74, 6) is -3.55. The zero-order valence-electron chi connectivity index (χ0n) is 40.7. The Morgan fingerprint density at radius 2 is 1.43 bits per heavy atom. The van der Waals surface area contributed by atoms with Crippen molar-refractivity contribution in [3.05, 3.63) is 23.3 Å². The number of rotatable bonds is 9. The molecule has 0 aromatic heterocycles. The largest absolute Gasteiger partial charge is 0.479 e. The summed E-state index contributed by atoms with van der Waals surface area (Å²) in [4.78, 5) is 38.5. The number of carbonyl (C=O) groups excluding carboxylic acids is 2. The molecule has 0 radical (unpaired) electrons. The van der Waals surface area contributed by atoms with Crippen LogP contribution in [-0.2, 0) is 42.8 Å². The maximum atomic E-state index is 13.6. The van der Waals surface area contributed by atoms with Crippen molar-refractivity contribution >= 4 is 17.9 Å². The molecule has 22 atom stereocenters. The molecule has 2 aliphatic heterocycles. The van der Waals surface area contributed by atoms with Crippen molar-refractivity contribution in [3.63, 3.8) is 0 Å². The quantitative estimate of drug-likeness (QED) is 0.0690. The third-order valence-corrected chi connectivity index (χ3v) is 18.9. The summed E-state index contributed by atoms with van der Waals surface area (Å²) in [5, 5.41) is 101. The maximum absolute atomic E-state index is 13.6. The van der Waals surface area contributed by atoms with Gasteiger partial charge in [-0.1, -0.05) is 66.2 Å². The summed E-state index contributed by atoms with van der Waals surface area (Å²) in [6.07, 6.45) is -15.6. The van der Waals surface area contributed by atoms with E-state index >= 15 is 0 Å². The third-order valence-electron chi connectivity index (χ3n) is 18.9. The number of esters is 2. The van der Waals surface area contributed by atoms with Gasteiger partial charge in [0.1, 0.15) is 42.7 Å². The molecule has 0 aromatic carbocycles. The number of aliphatic hydroxyl groups excluding tert-OH is 8. The average molecular weight is 953 g/mol. The number of hydrogen-bond donors (Lipinski definition) is 9. The van der Waals surface area contributed by atoms with Gasteiger partial charge in [-0.05, 0) is 93.3 Å². The highest BCUT2D eigenvalue weighted by Crippen LogP contribution is 2.76. The fourth-order valence-corrected chi connectivity index (χ4v) is 14.8. The molecule has 0 spiro atoms. The predicted octanol–water partition coefficient (Wildman–Crippen LogP) is 1.88. The molecule has 0 amide bonds. The van der Waals surface area contributed by atoms with Gasteiger partial charge in [-0.3, -0.25) is 4.79 Å². The first-order valence-electron chi connectivity index (χ1n) is 24.0. The normalized spacial score (nSPS) is 50.3. The maximum Gasteiger partial charge on any atom is 0.335 e. The van der Waals surface area contributed by atoms with E-state index in [0.29, 0.717) is 38.5 Å². The van der Waals surface area contributed by atoms with Crippen LogP contribution in [0.2, 0.25) is 0 Å². The molecule has 2 saturated heterocycles. The van der Waals surface area contributed by atoms with Crippen molar-refractivity contribution in [1.82, 2.24) is 0 Å². The lowest BCUT2D eigenvalue weighted by molar-refractivity contribution is -0.372. The zero-order valence-corrected chi connectivity index (χ0v) is 40.7. The van der Waals surface area contributed by atoms with E-state index in [4.69, 9.17) is 28.4 Å². The van der Waals surface area contributed by atoms with Gasteiger partial charge < -0.3 is 74.4 Å². The van der Waals surface area contributed by atoms with Gasteiger partial charge in [0, 0.05) is 23.3 Å². The fourth-order valence-electron chi connectivity index (χ4n) is 14.8. The lowest BCUT2D eigenvalue weighted by atomic mass is 9.32. The minimum absolute atomic E-state index is 0.0379. The molecule has 0 unspecified atom stereocenters. The number of allylic oxidation sites excluding steroid dienone is 2.